The van der Waals surface area contributed by atoms with Crippen LogP contribution in [0.25, 0.3) is 22.3 Å². The van der Waals surface area contributed by atoms with Crippen molar-refractivity contribution >= 4 is 11.1 Å². The highest BCUT2D eigenvalue weighted by Crippen LogP contribution is 2.38. The van der Waals surface area contributed by atoms with Crippen LogP contribution in [-0.4, -0.2) is 19.4 Å². The molecule has 0 saturated heterocycles. The molecule has 1 aliphatic carbocycles. The molecule has 134 valence electrons. The van der Waals surface area contributed by atoms with Crippen LogP contribution in [0.15, 0.2) is 47.4 Å². The summed E-state index contributed by atoms with van der Waals surface area (Å²) in [6.45, 7) is 6.21. The van der Waals surface area contributed by atoms with Crippen molar-refractivity contribution < 1.29 is 0 Å². The summed E-state index contributed by atoms with van der Waals surface area (Å²) in [5.41, 5.74) is 5.03. The van der Waals surface area contributed by atoms with Gasteiger partial charge in [0.1, 0.15) is 0 Å². The molecule has 3 aromatic rings. The molecule has 1 atom stereocenters. The SMILES string of the molecule is CC1CCCC=C1c1nn2ccccc2c1-c1ccc(=O)n(C(C)C)n1. The molecule has 0 bridgehead atoms. The Morgan fingerprint density at radius 3 is 2.77 bits per heavy atom. The third-order valence-electron chi connectivity index (χ3n) is 5.12. The van der Waals surface area contributed by atoms with E-state index in [1.54, 1.807) is 10.7 Å². The number of hydrogen-bond donors (Lipinski definition) is 0. The van der Waals surface area contributed by atoms with Crippen molar-refractivity contribution in [2.75, 3.05) is 0 Å². The molecule has 4 rings (SSSR count). The number of hydrogen-bond acceptors (Lipinski definition) is 3. The Hall–Kier alpha value is -2.69. The summed E-state index contributed by atoms with van der Waals surface area (Å²) in [6.07, 6.45) is 7.78. The lowest BCUT2D eigenvalue weighted by atomic mass is 9.85. The lowest BCUT2D eigenvalue weighted by Gasteiger charge is -2.20. The molecule has 1 unspecified atom stereocenters. The first-order valence-corrected chi connectivity index (χ1v) is 9.34. The second kappa shape index (κ2) is 6.56. The first-order valence-electron chi connectivity index (χ1n) is 9.34. The van der Waals surface area contributed by atoms with Crippen molar-refractivity contribution in [1.29, 1.82) is 0 Å². The van der Waals surface area contributed by atoms with E-state index in [0.717, 1.165) is 28.9 Å². The molecule has 1 aliphatic rings. The second-order valence-electron chi connectivity index (χ2n) is 7.34. The predicted octanol–water partition coefficient (Wildman–Crippen LogP) is 4.34. The molecule has 0 fully saturated rings. The molecule has 3 heterocycles. The van der Waals surface area contributed by atoms with Crippen molar-refractivity contribution in [3.8, 4) is 11.3 Å². The largest absolute Gasteiger partial charge is 0.268 e. The first kappa shape index (κ1) is 16.8. The number of allylic oxidation sites excluding steroid dienone is 2. The zero-order valence-electron chi connectivity index (χ0n) is 15.5. The van der Waals surface area contributed by atoms with Crippen molar-refractivity contribution in [3.63, 3.8) is 0 Å². The quantitative estimate of drug-likeness (QED) is 0.707. The third kappa shape index (κ3) is 2.77. The minimum Gasteiger partial charge on any atom is -0.268 e. The van der Waals surface area contributed by atoms with Crippen molar-refractivity contribution in [2.24, 2.45) is 5.92 Å². The minimum atomic E-state index is -0.0768. The van der Waals surface area contributed by atoms with Crippen LogP contribution in [0.2, 0.25) is 0 Å². The van der Waals surface area contributed by atoms with Gasteiger partial charge < -0.3 is 0 Å². The van der Waals surface area contributed by atoms with Crippen LogP contribution in [0, 0.1) is 5.92 Å². The van der Waals surface area contributed by atoms with E-state index < -0.39 is 0 Å². The molecule has 0 spiro atoms. The van der Waals surface area contributed by atoms with Gasteiger partial charge in [-0.05, 0) is 62.8 Å². The van der Waals surface area contributed by atoms with Crippen LogP contribution in [0.1, 0.15) is 51.8 Å². The van der Waals surface area contributed by atoms with E-state index in [1.165, 1.54) is 18.4 Å². The molecule has 5 nitrogen and oxygen atoms in total. The summed E-state index contributed by atoms with van der Waals surface area (Å²) in [7, 11) is 0. The summed E-state index contributed by atoms with van der Waals surface area (Å²) in [5.74, 6) is 0.475. The van der Waals surface area contributed by atoms with Gasteiger partial charge >= 0.3 is 0 Å². The zero-order chi connectivity index (χ0) is 18.3. The zero-order valence-corrected chi connectivity index (χ0v) is 15.5. The Balaban J connectivity index is 2.00. The summed E-state index contributed by atoms with van der Waals surface area (Å²) in [4.78, 5) is 12.2. The van der Waals surface area contributed by atoms with Gasteiger partial charge in [0.25, 0.3) is 5.56 Å². The normalized spacial score (nSPS) is 17.7. The maximum atomic E-state index is 12.2. The van der Waals surface area contributed by atoms with Gasteiger partial charge in [-0.15, -0.1) is 0 Å². The lowest BCUT2D eigenvalue weighted by molar-refractivity contribution is 0.505. The average molecular weight is 348 g/mol. The second-order valence-corrected chi connectivity index (χ2v) is 7.34. The molecule has 0 radical (unpaired) electrons. The van der Waals surface area contributed by atoms with E-state index in [4.69, 9.17) is 5.10 Å². The van der Waals surface area contributed by atoms with Gasteiger partial charge in [-0.25, -0.2) is 9.20 Å². The van der Waals surface area contributed by atoms with Crippen LogP contribution < -0.4 is 5.56 Å². The Morgan fingerprint density at radius 1 is 1.15 bits per heavy atom. The lowest BCUT2D eigenvalue weighted by Crippen LogP contribution is -2.24. The summed E-state index contributed by atoms with van der Waals surface area (Å²) in [5, 5.41) is 9.55. The number of fused-ring (bicyclic) bond motifs is 1. The maximum absolute atomic E-state index is 12.2. The average Bonchev–Trinajstić information content (AvgIpc) is 3.01. The van der Waals surface area contributed by atoms with Gasteiger partial charge in [0.2, 0.25) is 0 Å². The summed E-state index contributed by atoms with van der Waals surface area (Å²) >= 11 is 0. The van der Waals surface area contributed by atoms with Crippen molar-refractivity contribution in [3.05, 3.63) is 58.7 Å². The van der Waals surface area contributed by atoms with Crippen LogP contribution in [0.4, 0.5) is 0 Å². The number of nitrogens with zero attached hydrogens (tertiary/aromatic N) is 4. The fraction of sp³-hybridized carbons (Fsp3) is 0.381. The van der Waals surface area contributed by atoms with E-state index in [-0.39, 0.29) is 11.6 Å². The Labute approximate surface area is 153 Å². The molecule has 3 aromatic heterocycles. The van der Waals surface area contributed by atoms with Gasteiger partial charge in [0.15, 0.2) is 0 Å². The number of rotatable bonds is 3. The smallest absolute Gasteiger partial charge is 0.267 e. The van der Waals surface area contributed by atoms with E-state index in [2.05, 4.69) is 24.2 Å². The molecular formula is C21H24N4O. The van der Waals surface area contributed by atoms with Crippen LogP contribution in [0.5, 0.6) is 0 Å². The number of aromatic nitrogens is 4. The van der Waals surface area contributed by atoms with Gasteiger partial charge in [-0.3, -0.25) is 4.79 Å². The third-order valence-corrected chi connectivity index (χ3v) is 5.12. The number of pyridine rings is 1. The minimum absolute atomic E-state index is 0.0144. The predicted molar refractivity (Wildman–Crippen MR) is 104 cm³/mol. The highest BCUT2D eigenvalue weighted by Gasteiger charge is 2.24. The van der Waals surface area contributed by atoms with E-state index >= 15 is 0 Å². The topological polar surface area (TPSA) is 52.2 Å². The standard InChI is InChI=1S/C21H24N4O/c1-14(2)25-19(26)12-11-17(22-25)20-18-10-6-7-13-24(18)23-21(20)16-9-5-4-8-15(16)3/h6-7,9-15H,4-5,8H2,1-3H3. The van der Waals surface area contributed by atoms with Crippen molar-refractivity contribution in [2.45, 2.75) is 46.1 Å². The molecule has 26 heavy (non-hydrogen) atoms. The van der Waals surface area contributed by atoms with Crippen LogP contribution >= 0.6 is 0 Å². The summed E-state index contributed by atoms with van der Waals surface area (Å²) < 4.78 is 3.46. The first-order chi connectivity index (χ1) is 12.6. The Kier molecular flexibility index (Phi) is 4.23. The van der Waals surface area contributed by atoms with E-state index in [0.29, 0.717) is 5.92 Å². The molecule has 0 aliphatic heterocycles. The Morgan fingerprint density at radius 2 is 2.00 bits per heavy atom. The van der Waals surface area contributed by atoms with Crippen molar-refractivity contribution in [1.82, 2.24) is 19.4 Å². The van der Waals surface area contributed by atoms with Crippen LogP contribution in [-0.2, 0) is 0 Å². The summed E-state index contributed by atoms with van der Waals surface area (Å²) in [6, 6.07) is 9.50. The maximum Gasteiger partial charge on any atom is 0.267 e. The van der Waals surface area contributed by atoms with Gasteiger partial charge in [0.05, 0.1) is 28.5 Å². The Bertz CT molecular complexity index is 1040. The van der Waals surface area contributed by atoms with Crippen LogP contribution in [0.3, 0.4) is 0 Å². The molecule has 0 saturated carbocycles. The van der Waals surface area contributed by atoms with Gasteiger partial charge in [0, 0.05) is 12.3 Å². The van der Waals surface area contributed by atoms with Gasteiger partial charge in [-0.1, -0.05) is 19.1 Å². The van der Waals surface area contributed by atoms with E-state index in [9.17, 15) is 4.79 Å². The fourth-order valence-corrected chi connectivity index (χ4v) is 3.75. The molecule has 0 aromatic carbocycles. The van der Waals surface area contributed by atoms with E-state index in [1.807, 2.05) is 42.8 Å². The highest BCUT2D eigenvalue weighted by atomic mass is 16.1. The highest BCUT2D eigenvalue weighted by molar-refractivity contribution is 5.89. The molecule has 5 heteroatoms. The molecule has 0 amide bonds. The van der Waals surface area contributed by atoms with Gasteiger partial charge in [-0.2, -0.15) is 10.2 Å². The molecule has 0 N–H and O–H groups in total. The molecular weight excluding hydrogens is 324 g/mol. The monoisotopic (exact) mass is 348 g/mol. The fourth-order valence-electron chi connectivity index (χ4n) is 3.75.